The molecule has 0 aromatic rings. The monoisotopic (exact) mass is 246 g/mol. The number of nitrogens with two attached hydrogens (primary N) is 1. The molecular formula is C10H18N2O5. The highest BCUT2D eigenvalue weighted by atomic mass is 16.5. The molecule has 5 N–H and O–H groups in total. The maximum Gasteiger partial charge on any atom is 0.326 e. The van der Waals surface area contributed by atoms with E-state index in [4.69, 9.17) is 20.7 Å². The van der Waals surface area contributed by atoms with Crippen LogP contribution >= 0.6 is 0 Å². The van der Waals surface area contributed by atoms with Gasteiger partial charge in [0.05, 0.1) is 6.10 Å². The van der Waals surface area contributed by atoms with E-state index in [2.05, 4.69) is 5.32 Å². The number of carboxylic acid groups (broad SMARTS) is 1. The van der Waals surface area contributed by atoms with Gasteiger partial charge in [0.1, 0.15) is 12.1 Å². The second-order valence-corrected chi connectivity index (χ2v) is 3.97. The molecule has 1 saturated heterocycles. The Morgan fingerprint density at radius 3 is 2.65 bits per heavy atom. The SMILES string of the molecule is NCC1CCC(C(=O)N[C@@H](CCO)C(=O)O)O1. The van der Waals surface area contributed by atoms with E-state index in [0.29, 0.717) is 19.4 Å². The first-order valence-electron chi connectivity index (χ1n) is 5.58. The number of carboxylic acids is 1. The third-order valence-electron chi connectivity index (χ3n) is 2.70. The predicted molar refractivity (Wildman–Crippen MR) is 58.2 cm³/mol. The van der Waals surface area contributed by atoms with Crippen LogP contribution in [-0.4, -0.2) is 53.5 Å². The lowest BCUT2D eigenvalue weighted by Crippen LogP contribution is -2.46. The number of hydrogen-bond donors (Lipinski definition) is 4. The largest absolute Gasteiger partial charge is 0.480 e. The molecule has 17 heavy (non-hydrogen) atoms. The zero-order valence-corrected chi connectivity index (χ0v) is 9.46. The summed E-state index contributed by atoms with van der Waals surface area (Å²) in [4.78, 5) is 22.4. The molecule has 7 nitrogen and oxygen atoms in total. The van der Waals surface area contributed by atoms with Crippen molar-refractivity contribution in [1.82, 2.24) is 5.32 Å². The Balaban J connectivity index is 2.45. The zero-order valence-electron chi connectivity index (χ0n) is 9.46. The van der Waals surface area contributed by atoms with Crippen LogP contribution in [0, 0.1) is 0 Å². The molecule has 0 aromatic heterocycles. The molecule has 98 valence electrons. The fourth-order valence-corrected chi connectivity index (χ4v) is 1.72. The minimum Gasteiger partial charge on any atom is -0.480 e. The lowest BCUT2D eigenvalue weighted by Gasteiger charge is -2.17. The van der Waals surface area contributed by atoms with E-state index in [1.165, 1.54) is 0 Å². The van der Waals surface area contributed by atoms with Crippen LogP contribution in [0.15, 0.2) is 0 Å². The number of nitrogens with one attached hydrogen (secondary N) is 1. The number of aliphatic carboxylic acids is 1. The van der Waals surface area contributed by atoms with Crippen LogP contribution in [0.25, 0.3) is 0 Å². The van der Waals surface area contributed by atoms with Crippen LogP contribution in [-0.2, 0) is 14.3 Å². The third kappa shape index (κ3) is 3.95. The summed E-state index contributed by atoms with van der Waals surface area (Å²) in [6.07, 6.45) is 0.454. The Labute approximate surface area is 98.9 Å². The van der Waals surface area contributed by atoms with Crippen LogP contribution in [0.3, 0.4) is 0 Å². The van der Waals surface area contributed by atoms with Crippen LogP contribution in [0.1, 0.15) is 19.3 Å². The van der Waals surface area contributed by atoms with E-state index in [1.807, 2.05) is 0 Å². The average molecular weight is 246 g/mol. The third-order valence-corrected chi connectivity index (χ3v) is 2.70. The van der Waals surface area contributed by atoms with Gasteiger partial charge in [-0.15, -0.1) is 0 Å². The van der Waals surface area contributed by atoms with Gasteiger partial charge in [-0.2, -0.15) is 0 Å². The Morgan fingerprint density at radius 1 is 1.47 bits per heavy atom. The highest BCUT2D eigenvalue weighted by Crippen LogP contribution is 2.19. The summed E-state index contributed by atoms with van der Waals surface area (Å²) in [5, 5.41) is 19.8. The lowest BCUT2D eigenvalue weighted by atomic mass is 10.1. The summed E-state index contributed by atoms with van der Waals surface area (Å²) >= 11 is 0. The Bertz CT molecular complexity index is 284. The molecule has 3 atom stereocenters. The van der Waals surface area contributed by atoms with Crippen molar-refractivity contribution < 1.29 is 24.5 Å². The van der Waals surface area contributed by atoms with E-state index in [-0.39, 0.29) is 19.1 Å². The van der Waals surface area contributed by atoms with Gasteiger partial charge in [-0.1, -0.05) is 0 Å². The predicted octanol–water partition coefficient (Wildman–Crippen LogP) is -1.56. The minimum absolute atomic E-state index is 0.0197. The smallest absolute Gasteiger partial charge is 0.326 e. The molecule has 7 heteroatoms. The molecule has 1 aliphatic heterocycles. The molecule has 0 aliphatic carbocycles. The van der Waals surface area contributed by atoms with Gasteiger partial charge in [0.15, 0.2) is 0 Å². The second kappa shape index (κ2) is 6.53. The Morgan fingerprint density at radius 2 is 2.18 bits per heavy atom. The molecule has 2 unspecified atom stereocenters. The van der Waals surface area contributed by atoms with Crippen molar-refractivity contribution >= 4 is 11.9 Å². The molecular weight excluding hydrogens is 228 g/mol. The number of ether oxygens (including phenoxy) is 1. The topological polar surface area (TPSA) is 122 Å². The van der Waals surface area contributed by atoms with E-state index < -0.39 is 24.0 Å². The van der Waals surface area contributed by atoms with Crippen molar-refractivity contribution in [3.8, 4) is 0 Å². The van der Waals surface area contributed by atoms with Crippen molar-refractivity contribution in [3.63, 3.8) is 0 Å². The molecule has 0 radical (unpaired) electrons. The first-order chi connectivity index (χ1) is 8.08. The van der Waals surface area contributed by atoms with Gasteiger partial charge >= 0.3 is 5.97 Å². The van der Waals surface area contributed by atoms with Gasteiger partial charge in [0, 0.05) is 19.6 Å². The second-order valence-electron chi connectivity index (χ2n) is 3.97. The average Bonchev–Trinajstić information content (AvgIpc) is 2.76. The van der Waals surface area contributed by atoms with Gasteiger partial charge in [-0.3, -0.25) is 4.79 Å². The van der Waals surface area contributed by atoms with E-state index in [9.17, 15) is 9.59 Å². The van der Waals surface area contributed by atoms with Gasteiger partial charge in [-0.25, -0.2) is 4.79 Å². The van der Waals surface area contributed by atoms with Crippen LogP contribution in [0.5, 0.6) is 0 Å². The van der Waals surface area contributed by atoms with E-state index in [1.54, 1.807) is 0 Å². The first kappa shape index (κ1) is 13.9. The number of rotatable bonds is 6. The summed E-state index contributed by atoms with van der Waals surface area (Å²) in [7, 11) is 0. The molecule has 1 aliphatic rings. The molecule has 0 spiro atoms. The number of aliphatic hydroxyl groups is 1. The number of carbonyl (C=O) groups is 2. The normalized spacial score (nSPS) is 25.5. The fraction of sp³-hybridized carbons (Fsp3) is 0.800. The van der Waals surface area contributed by atoms with Crippen molar-refractivity contribution in [2.45, 2.75) is 37.5 Å². The summed E-state index contributed by atoms with van der Waals surface area (Å²) in [6, 6.07) is -1.08. The first-order valence-corrected chi connectivity index (χ1v) is 5.58. The number of carbonyl (C=O) groups excluding carboxylic acids is 1. The fourth-order valence-electron chi connectivity index (χ4n) is 1.72. The van der Waals surface area contributed by atoms with Crippen LogP contribution in [0.4, 0.5) is 0 Å². The summed E-state index contributed by atoms with van der Waals surface area (Å²) in [6.45, 7) is 0.0526. The lowest BCUT2D eigenvalue weighted by molar-refractivity contribution is -0.144. The van der Waals surface area contributed by atoms with Crippen molar-refractivity contribution in [2.24, 2.45) is 5.73 Å². The molecule has 1 fully saturated rings. The summed E-state index contributed by atoms with van der Waals surface area (Å²) < 4.78 is 5.34. The highest BCUT2D eigenvalue weighted by Gasteiger charge is 2.32. The molecule has 1 amide bonds. The minimum atomic E-state index is -1.17. The molecule has 0 bridgehead atoms. The Kier molecular flexibility index (Phi) is 5.33. The maximum absolute atomic E-state index is 11.7. The van der Waals surface area contributed by atoms with E-state index in [0.717, 1.165) is 0 Å². The number of amides is 1. The highest BCUT2D eigenvalue weighted by molar-refractivity contribution is 5.86. The molecule has 1 heterocycles. The van der Waals surface area contributed by atoms with Crippen LogP contribution in [0.2, 0.25) is 0 Å². The number of hydrogen-bond acceptors (Lipinski definition) is 5. The van der Waals surface area contributed by atoms with E-state index >= 15 is 0 Å². The molecule has 0 aromatic carbocycles. The van der Waals surface area contributed by atoms with Crippen molar-refractivity contribution in [3.05, 3.63) is 0 Å². The van der Waals surface area contributed by atoms with Gasteiger partial charge in [0.2, 0.25) is 5.91 Å². The van der Waals surface area contributed by atoms with Crippen molar-refractivity contribution in [1.29, 1.82) is 0 Å². The van der Waals surface area contributed by atoms with Crippen molar-refractivity contribution in [2.75, 3.05) is 13.2 Å². The maximum atomic E-state index is 11.7. The summed E-state index contributed by atoms with van der Waals surface area (Å²) in [5.41, 5.74) is 5.41. The van der Waals surface area contributed by atoms with Gasteiger partial charge < -0.3 is 26.0 Å². The number of aliphatic hydroxyl groups excluding tert-OH is 1. The van der Waals surface area contributed by atoms with Gasteiger partial charge in [0.25, 0.3) is 0 Å². The summed E-state index contributed by atoms with van der Waals surface area (Å²) in [5.74, 6) is -1.62. The van der Waals surface area contributed by atoms with Gasteiger partial charge in [-0.05, 0) is 12.8 Å². The Hall–Kier alpha value is -1.18. The molecule has 0 saturated carbocycles. The standard InChI is InChI=1S/C10H18N2O5/c11-5-6-1-2-8(17-6)9(14)12-7(3-4-13)10(15)16/h6-8,13H,1-5,11H2,(H,12,14)(H,15,16)/t6?,7-,8?/m0/s1. The molecule has 1 rings (SSSR count). The zero-order chi connectivity index (χ0) is 12.8. The van der Waals surface area contributed by atoms with Crippen LogP contribution < -0.4 is 11.1 Å². The quantitative estimate of drug-likeness (QED) is 0.450.